The Morgan fingerprint density at radius 2 is 1.91 bits per heavy atom. The van der Waals surface area contributed by atoms with Crippen LogP contribution in [-0.2, 0) is 6.54 Å². The molecule has 0 bridgehead atoms. The van der Waals surface area contributed by atoms with Crippen LogP contribution < -0.4 is 14.8 Å². The number of rotatable bonds is 8. The molecule has 0 unspecified atom stereocenters. The van der Waals surface area contributed by atoms with Crippen molar-refractivity contribution in [3.05, 3.63) is 84.2 Å². The number of aromatic nitrogens is 2. The van der Waals surface area contributed by atoms with Gasteiger partial charge in [0.25, 0.3) is 5.91 Å². The highest BCUT2D eigenvalue weighted by atomic mass is 19.3. The summed E-state index contributed by atoms with van der Waals surface area (Å²) in [5.74, 6) is -0.465. The monoisotopic (exact) mass is 437 g/mol. The van der Waals surface area contributed by atoms with Gasteiger partial charge in [0.2, 0.25) is 0 Å². The van der Waals surface area contributed by atoms with E-state index >= 15 is 0 Å². The maximum absolute atomic E-state index is 12.7. The number of nitrogens with zero attached hydrogens (tertiary/aromatic N) is 2. The number of ether oxygens (including phenoxy) is 2. The number of hydrogen-bond acceptors (Lipinski definition) is 4. The zero-order valence-corrected chi connectivity index (χ0v) is 17.3. The molecule has 0 aliphatic rings. The van der Waals surface area contributed by atoms with Crippen LogP contribution >= 0.6 is 0 Å². The molecule has 0 atom stereocenters. The molecule has 8 heteroatoms. The first-order valence-corrected chi connectivity index (χ1v) is 10.1. The van der Waals surface area contributed by atoms with Crippen LogP contribution in [0.25, 0.3) is 10.8 Å². The molecular formula is C24H21F2N3O3. The molecule has 0 saturated carbocycles. The summed E-state index contributed by atoms with van der Waals surface area (Å²) in [6.45, 7) is -0.485. The third kappa shape index (κ3) is 4.85. The van der Waals surface area contributed by atoms with Crippen molar-refractivity contribution in [2.75, 3.05) is 11.9 Å². The van der Waals surface area contributed by atoms with E-state index in [0.29, 0.717) is 12.2 Å². The first-order chi connectivity index (χ1) is 15.5. The molecule has 1 heterocycles. The van der Waals surface area contributed by atoms with Gasteiger partial charge in [-0.2, -0.15) is 13.9 Å². The molecule has 4 rings (SSSR count). The summed E-state index contributed by atoms with van der Waals surface area (Å²) in [5.41, 5.74) is 1.87. The van der Waals surface area contributed by atoms with Crippen molar-refractivity contribution >= 4 is 22.4 Å². The highest BCUT2D eigenvalue weighted by Gasteiger charge is 2.15. The van der Waals surface area contributed by atoms with Crippen molar-refractivity contribution in [1.29, 1.82) is 0 Å². The van der Waals surface area contributed by atoms with E-state index in [2.05, 4.69) is 33.4 Å². The fourth-order valence-electron chi connectivity index (χ4n) is 3.43. The van der Waals surface area contributed by atoms with Gasteiger partial charge in [-0.1, -0.05) is 42.5 Å². The van der Waals surface area contributed by atoms with Crippen LogP contribution in [0.5, 0.6) is 11.5 Å². The predicted octanol–water partition coefficient (Wildman–Crippen LogP) is 5.34. The Balaban J connectivity index is 1.48. The van der Waals surface area contributed by atoms with Gasteiger partial charge in [-0.3, -0.25) is 9.48 Å². The van der Waals surface area contributed by atoms with Crippen LogP contribution in [0.1, 0.15) is 22.8 Å². The van der Waals surface area contributed by atoms with Crippen LogP contribution in [0.4, 0.5) is 14.5 Å². The van der Waals surface area contributed by atoms with Crippen molar-refractivity contribution in [3.63, 3.8) is 0 Å². The van der Waals surface area contributed by atoms with E-state index in [0.717, 1.165) is 16.3 Å². The molecule has 1 amide bonds. The minimum absolute atomic E-state index is 0.0760. The van der Waals surface area contributed by atoms with Crippen LogP contribution in [0.15, 0.2) is 73.1 Å². The molecule has 0 fully saturated rings. The predicted molar refractivity (Wildman–Crippen MR) is 117 cm³/mol. The largest absolute Gasteiger partial charge is 0.490 e. The van der Waals surface area contributed by atoms with E-state index in [4.69, 9.17) is 4.74 Å². The van der Waals surface area contributed by atoms with Gasteiger partial charge in [0.05, 0.1) is 25.0 Å². The van der Waals surface area contributed by atoms with E-state index in [1.54, 1.807) is 24.0 Å². The number of nitrogens with one attached hydrogen (secondary N) is 1. The number of anilines is 1. The Morgan fingerprint density at radius 1 is 1.09 bits per heavy atom. The summed E-state index contributed by atoms with van der Waals surface area (Å²) < 4.78 is 36.6. The number of carbonyl (C=O) groups is 1. The molecule has 0 saturated heterocycles. The minimum Gasteiger partial charge on any atom is -0.490 e. The average Bonchev–Trinajstić information content (AvgIpc) is 3.21. The third-order valence-corrected chi connectivity index (χ3v) is 4.83. The topological polar surface area (TPSA) is 65.4 Å². The number of alkyl halides is 2. The smallest absolute Gasteiger partial charge is 0.387 e. The van der Waals surface area contributed by atoms with Crippen molar-refractivity contribution in [1.82, 2.24) is 9.78 Å². The zero-order chi connectivity index (χ0) is 22.5. The second kappa shape index (κ2) is 9.47. The average molecular weight is 437 g/mol. The van der Waals surface area contributed by atoms with Crippen molar-refractivity contribution in [2.45, 2.75) is 20.1 Å². The van der Waals surface area contributed by atoms with Gasteiger partial charge < -0.3 is 14.8 Å². The van der Waals surface area contributed by atoms with Crippen molar-refractivity contribution in [2.24, 2.45) is 0 Å². The SMILES string of the molecule is CCOc1cc(C(=O)Nc2cnn(Cc3cccc4ccccc34)c2)ccc1OC(F)F. The Morgan fingerprint density at radius 3 is 2.72 bits per heavy atom. The fourth-order valence-corrected chi connectivity index (χ4v) is 3.43. The molecule has 0 aliphatic heterocycles. The molecule has 6 nitrogen and oxygen atoms in total. The minimum atomic E-state index is -2.98. The van der Waals surface area contributed by atoms with Gasteiger partial charge in [0.1, 0.15) is 0 Å². The first kappa shape index (κ1) is 21.3. The molecule has 32 heavy (non-hydrogen) atoms. The quantitative estimate of drug-likeness (QED) is 0.404. The van der Waals surface area contributed by atoms with Crippen LogP contribution in [0.3, 0.4) is 0 Å². The van der Waals surface area contributed by atoms with E-state index < -0.39 is 12.5 Å². The molecule has 0 radical (unpaired) electrons. The molecule has 1 aromatic heterocycles. The summed E-state index contributed by atoms with van der Waals surface area (Å²) in [7, 11) is 0. The van der Waals surface area contributed by atoms with Gasteiger partial charge in [-0.25, -0.2) is 0 Å². The molecule has 0 spiro atoms. The van der Waals surface area contributed by atoms with Crippen molar-refractivity contribution < 1.29 is 23.0 Å². The van der Waals surface area contributed by atoms with Gasteiger partial charge in [-0.15, -0.1) is 0 Å². The van der Waals surface area contributed by atoms with Gasteiger partial charge in [-0.05, 0) is 41.5 Å². The maximum atomic E-state index is 12.7. The van der Waals surface area contributed by atoms with E-state index in [9.17, 15) is 13.6 Å². The summed E-state index contributed by atoms with van der Waals surface area (Å²) >= 11 is 0. The van der Waals surface area contributed by atoms with Crippen LogP contribution in [0.2, 0.25) is 0 Å². The third-order valence-electron chi connectivity index (χ3n) is 4.83. The van der Waals surface area contributed by atoms with Gasteiger partial charge in [0.15, 0.2) is 11.5 Å². The fraction of sp³-hybridized carbons (Fsp3) is 0.167. The first-order valence-electron chi connectivity index (χ1n) is 10.1. The molecule has 0 aliphatic carbocycles. The van der Waals surface area contributed by atoms with Crippen LogP contribution in [0, 0.1) is 0 Å². The number of carbonyl (C=O) groups excluding carboxylic acids is 1. The summed E-state index contributed by atoms with van der Waals surface area (Å²) in [6, 6.07) is 18.3. The van der Waals surface area contributed by atoms with E-state index in [-0.39, 0.29) is 23.7 Å². The van der Waals surface area contributed by atoms with Gasteiger partial charge in [0, 0.05) is 11.8 Å². The van der Waals surface area contributed by atoms with E-state index in [1.165, 1.54) is 18.2 Å². The number of halogens is 2. The summed E-state index contributed by atoms with van der Waals surface area (Å²) in [4.78, 5) is 12.7. The lowest BCUT2D eigenvalue weighted by Crippen LogP contribution is -2.12. The summed E-state index contributed by atoms with van der Waals surface area (Å²) in [6.07, 6.45) is 3.29. The normalized spacial score (nSPS) is 11.0. The molecular weight excluding hydrogens is 416 g/mol. The molecule has 1 N–H and O–H groups in total. The Kier molecular flexibility index (Phi) is 6.30. The van der Waals surface area contributed by atoms with Gasteiger partial charge >= 0.3 is 6.61 Å². The zero-order valence-electron chi connectivity index (χ0n) is 17.3. The number of benzene rings is 3. The molecule has 4 aromatic rings. The lowest BCUT2D eigenvalue weighted by atomic mass is 10.0. The molecule has 164 valence electrons. The standard InChI is InChI=1S/C24H21F2N3O3/c1-2-31-22-12-17(10-11-21(22)32-24(25)26)23(30)28-19-13-27-29(15-19)14-18-8-5-7-16-6-3-4-9-20(16)18/h3-13,15,24H,2,14H2,1H3,(H,28,30). The van der Waals surface area contributed by atoms with E-state index in [1.807, 2.05) is 24.3 Å². The second-order valence-electron chi connectivity index (χ2n) is 6.99. The highest BCUT2D eigenvalue weighted by Crippen LogP contribution is 2.30. The second-order valence-corrected chi connectivity index (χ2v) is 6.99. The lowest BCUT2D eigenvalue weighted by molar-refractivity contribution is -0.0514. The Labute approximate surface area is 183 Å². The van der Waals surface area contributed by atoms with Crippen molar-refractivity contribution in [3.8, 4) is 11.5 Å². The van der Waals surface area contributed by atoms with Crippen LogP contribution in [-0.4, -0.2) is 28.9 Å². The number of fused-ring (bicyclic) bond motifs is 1. The Bertz CT molecular complexity index is 1230. The Hall–Kier alpha value is -3.94. The maximum Gasteiger partial charge on any atom is 0.387 e. The lowest BCUT2D eigenvalue weighted by Gasteiger charge is -2.12. The number of hydrogen-bond donors (Lipinski definition) is 1. The molecule has 3 aromatic carbocycles. The number of amides is 1. The highest BCUT2D eigenvalue weighted by molar-refractivity contribution is 6.04. The summed E-state index contributed by atoms with van der Waals surface area (Å²) in [5, 5.41) is 9.39.